The lowest BCUT2D eigenvalue weighted by atomic mass is 9.99. The summed E-state index contributed by atoms with van der Waals surface area (Å²) < 4.78 is 5.68. The van der Waals surface area contributed by atoms with Gasteiger partial charge >= 0.3 is 0 Å². The van der Waals surface area contributed by atoms with E-state index >= 15 is 0 Å². The van der Waals surface area contributed by atoms with E-state index in [0.29, 0.717) is 25.1 Å². The molecule has 1 N–H and O–H groups in total. The Balaban J connectivity index is 1.30. The van der Waals surface area contributed by atoms with Crippen LogP contribution in [-0.2, 0) is 0 Å². The van der Waals surface area contributed by atoms with Crippen LogP contribution in [0.15, 0.2) is 60.7 Å². The topological polar surface area (TPSA) is 35.9 Å². The van der Waals surface area contributed by atoms with Crippen LogP contribution in [0.3, 0.4) is 0 Å². The summed E-state index contributed by atoms with van der Waals surface area (Å²) in [4.78, 5) is 4.94. The monoisotopic (exact) mass is 338 g/mol. The number of benzene rings is 2. The summed E-state index contributed by atoms with van der Waals surface area (Å²) in [5.74, 6) is 1.51. The van der Waals surface area contributed by atoms with Crippen molar-refractivity contribution in [1.82, 2.24) is 4.90 Å². The minimum absolute atomic E-state index is 0.345. The van der Waals surface area contributed by atoms with Crippen molar-refractivity contribution in [3.63, 3.8) is 0 Å². The van der Waals surface area contributed by atoms with Gasteiger partial charge < -0.3 is 14.7 Å². The summed E-state index contributed by atoms with van der Waals surface area (Å²) in [7, 11) is 0. The Kier molecular flexibility index (Phi) is 4.90. The fraction of sp³-hybridized carbons (Fsp3) is 0.429. The Morgan fingerprint density at radius 2 is 1.68 bits per heavy atom. The van der Waals surface area contributed by atoms with E-state index in [1.54, 1.807) is 0 Å². The van der Waals surface area contributed by atoms with Gasteiger partial charge in [0.15, 0.2) is 0 Å². The van der Waals surface area contributed by atoms with Gasteiger partial charge in [0.25, 0.3) is 0 Å². The zero-order chi connectivity index (χ0) is 17.1. The Bertz CT molecular complexity index is 664. The molecule has 0 spiro atoms. The van der Waals surface area contributed by atoms with Crippen molar-refractivity contribution < 1.29 is 9.84 Å². The van der Waals surface area contributed by atoms with E-state index in [0.717, 1.165) is 25.4 Å². The number of likely N-dealkylation sites (tertiary alicyclic amines) is 1. The summed E-state index contributed by atoms with van der Waals surface area (Å²) in [6.07, 6.45) is 0.810. The lowest BCUT2D eigenvalue weighted by Gasteiger charge is -2.34. The van der Waals surface area contributed by atoms with Crippen molar-refractivity contribution in [3.05, 3.63) is 60.7 Å². The van der Waals surface area contributed by atoms with Crippen LogP contribution < -0.4 is 9.64 Å². The predicted octanol–water partition coefficient (Wildman–Crippen LogP) is 2.64. The number of fused-ring (bicyclic) bond motifs is 2. The van der Waals surface area contributed by atoms with Crippen LogP contribution >= 0.6 is 0 Å². The second-order valence-electron chi connectivity index (χ2n) is 7.24. The van der Waals surface area contributed by atoms with Crippen LogP contribution in [0.25, 0.3) is 0 Å². The molecule has 132 valence electrons. The van der Waals surface area contributed by atoms with Crippen LogP contribution in [0, 0.1) is 5.92 Å². The van der Waals surface area contributed by atoms with Crippen LogP contribution in [-0.4, -0.2) is 54.9 Å². The first-order valence-electron chi connectivity index (χ1n) is 9.18. The van der Waals surface area contributed by atoms with E-state index in [4.69, 9.17) is 4.74 Å². The Morgan fingerprint density at radius 1 is 0.960 bits per heavy atom. The van der Waals surface area contributed by atoms with Gasteiger partial charge in [0, 0.05) is 37.9 Å². The zero-order valence-electron chi connectivity index (χ0n) is 14.5. The van der Waals surface area contributed by atoms with E-state index in [2.05, 4.69) is 40.1 Å². The maximum Gasteiger partial charge on any atom is 0.119 e. The highest BCUT2D eigenvalue weighted by Crippen LogP contribution is 2.33. The molecule has 4 nitrogen and oxygen atoms in total. The van der Waals surface area contributed by atoms with Crippen molar-refractivity contribution in [2.75, 3.05) is 37.7 Å². The molecule has 2 saturated heterocycles. The van der Waals surface area contributed by atoms with Gasteiger partial charge in [-0.1, -0.05) is 36.4 Å². The van der Waals surface area contributed by atoms with Crippen molar-refractivity contribution >= 4 is 5.69 Å². The first-order valence-corrected chi connectivity index (χ1v) is 9.18. The van der Waals surface area contributed by atoms with E-state index in [-0.39, 0.29) is 0 Å². The molecule has 4 heteroatoms. The summed E-state index contributed by atoms with van der Waals surface area (Å²) in [6.45, 7) is 4.25. The van der Waals surface area contributed by atoms with Crippen molar-refractivity contribution in [2.45, 2.75) is 18.6 Å². The molecule has 3 unspecified atom stereocenters. The molecule has 2 aliphatic rings. The molecule has 4 rings (SSSR count). The molecule has 2 bridgehead atoms. The number of nitrogens with zero attached hydrogens (tertiary/aromatic N) is 2. The third-order valence-electron chi connectivity index (χ3n) is 5.23. The summed E-state index contributed by atoms with van der Waals surface area (Å²) in [5.41, 5.74) is 1.32. The molecule has 3 atom stereocenters. The van der Waals surface area contributed by atoms with Crippen molar-refractivity contribution in [3.8, 4) is 5.75 Å². The first-order chi connectivity index (χ1) is 12.3. The van der Waals surface area contributed by atoms with Gasteiger partial charge in [-0.15, -0.1) is 0 Å². The van der Waals surface area contributed by atoms with E-state index in [1.807, 2.05) is 30.3 Å². The number of rotatable bonds is 6. The van der Waals surface area contributed by atoms with Gasteiger partial charge in [0.05, 0.1) is 0 Å². The van der Waals surface area contributed by atoms with Gasteiger partial charge in [0.1, 0.15) is 18.5 Å². The van der Waals surface area contributed by atoms with E-state index in [9.17, 15) is 5.11 Å². The molecule has 0 aromatic heterocycles. The van der Waals surface area contributed by atoms with Crippen LogP contribution in [0.5, 0.6) is 5.75 Å². The Morgan fingerprint density at radius 3 is 2.44 bits per heavy atom. The lowest BCUT2D eigenvalue weighted by molar-refractivity contribution is 0.0559. The molecule has 0 aliphatic carbocycles. The van der Waals surface area contributed by atoms with Gasteiger partial charge in [-0.2, -0.15) is 0 Å². The van der Waals surface area contributed by atoms with Gasteiger partial charge in [-0.25, -0.2) is 0 Å². The fourth-order valence-corrected chi connectivity index (χ4v) is 4.20. The molecule has 2 aliphatic heterocycles. The van der Waals surface area contributed by atoms with Gasteiger partial charge in [0.2, 0.25) is 0 Å². The number of ether oxygens (including phenoxy) is 1. The second kappa shape index (κ2) is 7.46. The predicted molar refractivity (Wildman–Crippen MR) is 100 cm³/mol. The minimum atomic E-state index is -0.456. The van der Waals surface area contributed by atoms with Crippen LogP contribution in [0.1, 0.15) is 6.42 Å². The summed E-state index contributed by atoms with van der Waals surface area (Å²) in [5, 5.41) is 10.4. The quantitative estimate of drug-likeness (QED) is 0.878. The van der Waals surface area contributed by atoms with Crippen LogP contribution in [0.4, 0.5) is 5.69 Å². The molecule has 2 aromatic rings. The lowest BCUT2D eigenvalue weighted by Crippen LogP contribution is -2.46. The highest BCUT2D eigenvalue weighted by Gasteiger charge is 2.38. The maximum atomic E-state index is 10.4. The summed E-state index contributed by atoms with van der Waals surface area (Å²) in [6, 6.07) is 21.0. The second-order valence-corrected chi connectivity index (χ2v) is 7.24. The molecule has 0 saturated carbocycles. The normalized spacial score (nSPS) is 24.3. The zero-order valence-corrected chi connectivity index (χ0v) is 14.5. The fourth-order valence-electron chi connectivity index (χ4n) is 4.20. The number of hydrogen-bond donors (Lipinski definition) is 1. The molecule has 2 aromatic carbocycles. The van der Waals surface area contributed by atoms with E-state index < -0.39 is 6.10 Å². The molecular formula is C21H26N2O2. The van der Waals surface area contributed by atoms with Crippen molar-refractivity contribution in [1.29, 1.82) is 0 Å². The molecular weight excluding hydrogens is 312 g/mol. The third kappa shape index (κ3) is 3.97. The number of aliphatic hydroxyl groups is 1. The minimum Gasteiger partial charge on any atom is -0.491 e. The number of para-hydroxylation sites is 2. The number of anilines is 1. The molecule has 25 heavy (non-hydrogen) atoms. The standard InChI is InChI=1S/C21H26N2O2/c24-20(16-25-21-9-5-2-6-10-21)15-22-12-17-11-19(14-22)23(13-17)18-7-3-1-4-8-18/h1-10,17,19-20,24H,11-16H2. The highest BCUT2D eigenvalue weighted by atomic mass is 16.5. The van der Waals surface area contributed by atoms with Gasteiger partial charge in [-0.3, -0.25) is 4.90 Å². The average Bonchev–Trinajstić information content (AvgIpc) is 2.96. The summed E-state index contributed by atoms with van der Waals surface area (Å²) >= 11 is 0. The molecule has 2 heterocycles. The SMILES string of the molecule is OC(COc1ccccc1)CN1CC2CC(C1)N(c1ccccc1)C2. The van der Waals surface area contributed by atoms with Crippen molar-refractivity contribution in [2.24, 2.45) is 5.92 Å². The van der Waals surface area contributed by atoms with E-state index in [1.165, 1.54) is 12.1 Å². The number of piperidine rings is 1. The number of aliphatic hydroxyl groups excluding tert-OH is 1. The smallest absolute Gasteiger partial charge is 0.119 e. The molecule has 0 radical (unpaired) electrons. The molecule has 0 amide bonds. The first kappa shape index (κ1) is 16.4. The Labute approximate surface area is 149 Å². The number of hydrogen-bond acceptors (Lipinski definition) is 4. The average molecular weight is 338 g/mol. The van der Waals surface area contributed by atoms with Gasteiger partial charge in [-0.05, 0) is 36.6 Å². The highest BCUT2D eigenvalue weighted by molar-refractivity contribution is 5.48. The Hall–Kier alpha value is -2.04. The third-order valence-corrected chi connectivity index (χ3v) is 5.23. The van der Waals surface area contributed by atoms with Crippen LogP contribution in [0.2, 0.25) is 0 Å². The number of β-amino-alcohol motifs (C(OH)–C–C–N with tert-alkyl or cyclic N) is 1. The molecule has 2 fully saturated rings. The maximum absolute atomic E-state index is 10.4. The largest absolute Gasteiger partial charge is 0.491 e.